The van der Waals surface area contributed by atoms with Gasteiger partial charge < -0.3 is 14.8 Å². The van der Waals surface area contributed by atoms with Gasteiger partial charge in [-0.1, -0.05) is 36.0 Å². The van der Waals surface area contributed by atoms with Crippen molar-refractivity contribution >= 4 is 41.7 Å². The highest BCUT2D eigenvalue weighted by Crippen LogP contribution is 2.35. The predicted octanol–water partition coefficient (Wildman–Crippen LogP) is 6.47. The minimum atomic E-state index is -0.843. The molecule has 1 heterocycles. The maximum absolute atomic E-state index is 13.1. The van der Waals surface area contributed by atoms with Crippen LogP contribution in [0.3, 0.4) is 0 Å². The van der Waals surface area contributed by atoms with Gasteiger partial charge in [-0.05, 0) is 57.0 Å². The number of amides is 2. The number of aromatic nitrogens is 2. The van der Waals surface area contributed by atoms with Crippen LogP contribution in [0.1, 0.15) is 19.5 Å². The summed E-state index contributed by atoms with van der Waals surface area (Å²) in [5.74, 6) is 1.53. The summed E-state index contributed by atoms with van der Waals surface area (Å²) in [4.78, 5) is 22.5. The Morgan fingerprint density at radius 3 is 2.40 bits per heavy atom. The first-order valence-corrected chi connectivity index (χ1v) is 13.7. The number of hydrogen-bond acceptors (Lipinski definition) is 8. The molecule has 0 radical (unpaired) electrons. The van der Waals surface area contributed by atoms with Gasteiger partial charge in [0.1, 0.15) is 10.8 Å². The van der Waals surface area contributed by atoms with Gasteiger partial charge in [0, 0.05) is 35.3 Å². The van der Waals surface area contributed by atoms with Crippen molar-refractivity contribution in [2.75, 3.05) is 31.9 Å². The van der Waals surface area contributed by atoms with Gasteiger partial charge in [0.05, 0.1) is 42.8 Å². The van der Waals surface area contributed by atoms with Gasteiger partial charge in [0.15, 0.2) is 11.5 Å². The Hall–Kier alpha value is -5.08. The molecule has 4 rings (SSSR count). The number of ether oxygens (including phenoxy) is 2. The maximum Gasteiger partial charge on any atom is 0.324 e. The summed E-state index contributed by atoms with van der Waals surface area (Å²) >= 11 is 1.37. The molecule has 42 heavy (non-hydrogen) atoms. The molecule has 11 heteroatoms. The van der Waals surface area contributed by atoms with Crippen molar-refractivity contribution in [3.8, 4) is 11.8 Å². The van der Waals surface area contributed by atoms with E-state index in [1.54, 1.807) is 58.0 Å². The van der Waals surface area contributed by atoms with Crippen LogP contribution in [0, 0.1) is 11.3 Å². The quantitative estimate of drug-likeness (QED) is 0.220. The summed E-state index contributed by atoms with van der Waals surface area (Å²) in [7, 11) is 4.82. The van der Waals surface area contributed by atoms with Crippen LogP contribution >= 0.6 is 11.8 Å². The zero-order valence-electron chi connectivity index (χ0n) is 24.0. The van der Waals surface area contributed by atoms with E-state index >= 15 is 0 Å². The van der Waals surface area contributed by atoms with Crippen molar-refractivity contribution < 1.29 is 14.3 Å². The fraction of sp³-hybridized carbons (Fsp3) is 0.194. The van der Waals surface area contributed by atoms with E-state index in [4.69, 9.17) is 9.47 Å². The average Bonchev–Trinajstić information content (AvgIpc) is 3.44. The van der Waals surface area contributed by atoms with Gasteiger partial charge in [-0.25, -0.2) is 9.48 Å². The van der Waals surface area contributed by atoms with Crippen LogP contribution in [0.2, 0.25) is 0 Å². The van der Waals surface area contributed by atoms with Crippen molar-refractivity contribution in [1.29, 1.82) is 5.26 Å². The summed E-state index contributed by atoms with van der Waals surface area (Å²) in [5, 5.41) is 20.6. The van der Waals surface area contributed by atoms with Crippen LogP contribution in [0.5, 0.6) is 0 Å². The van der Waals surface area contributed by atoms with Crippen LogP contribution in [0.4, 0.5) is 16.3 Å². The number of anilines is 2. The number of para-hydroxylation sites is 1. The molecule has 10 nitrogen and oxygen atoms in total. The minimum absolute atomic E-state index is 0.429. The first kappa shape index (κ1) is 29.9. The third-order valence-corrected chi connectivity index (χ3v) is 7.33. The van der Waals surface area contributed by atoms with Crippen LogP contribution in [0.15, 0.2) is 110 Å². The smallest absolute Gasteiger partial charge is 0.324 e. The number of nitriles is 1. The summed E-state index contributed by atoms with van der Waals surface area (Å²) in [5.41, 5.74) is 2.42. The van der Waals surface area contributed by atoms with E-state index in [2.05, 4.69) is 38.5 Å². The second-order valence-corrected chi connectivity index (χ2v) is 10.6. The molecule has 2 N–H and O–H groups in total. The van der Waals surface area contributed by atoms with E-state index in [0.29, 0.717) is 39.5 Å². The number of rotatable bonds is 9. The lowest BCUT2D eigenvalue weighted by atomic mass is 9.92. The Kier molecular flexibility index (Phi) is 9.29. The number of urea groups is 1. The molecule has 0 fully saturated rings. The molecule has 0 saturated heterocycles. The molecule has 2 amide bonds. The van der Waals surface area contributed by atoms with E-state index < -0.39 is 11.4 Å². The molecule has 0 atom stereocenters. The molecule has 1 aromatic heterocycles. The van der Waals surface area contributed by atoms with Gasteiger partial charge >= 0.3 is 6.03 Å². The van der Waals surface area contributed by atoms with E-state index in [1.807, 2.05) is 54.6 Å². The molecule has 1 aliphatic rings. The van der Waals surface area contributed by atoms with E-state index in [0.717, 1.165) is 16.2 Å². The molecule has 0 unspecified atom stereocenters. The molecule has 0 bridgehead atoms. The second kappa shape index (κ2) is 13.1. The third kappa shape index (κ3) is 6.62. The summed E-state index contributed by atoms with van der Waals surface area (Å²) < 4.78 is 12.5. The van der Waals surface area contributed by atoms with Crippen molar-refractivity contribution in [1.82, 2.24) is 9.78 Å². The van der Waals surface area contributed by atoms with Crippen molar-refractivity contribution in [3.05, 3.63) is 101 Å². The van der Waals surface area contributed by atoms with Crippen LogP contribution in [0.25, 0.3) is 5.69 Å². The van der Waals surface area contributed by atoms with Crippen LogP contribution in [-0.4, -0.2) is 49.5 Å². The van der Waals surface area contributed by atoms with Crippen molar-refractivity contribution in [3.63, 3.8) is 0 Å². The lowest BCUT2D eigenvalue weighted by Crippen LogP contribution is -2.21. The van der Waals surface area contributed by atoms with Crippen molar-refractivity contribution in [2.45, 2.75) is 24.2 Å². The van der Waals surface area contributed by atoms with Crippen LogP contribution in [-0.2, 0) is 14.9 Å². The standard InChI is InChI=1S/C31H31N7O3S/c1-31(2,19-32)27-18-28(38(37-27)21-12-8-7-9-13-21)36-30(39)35-20-11-10-14-22(15-20)42-29(34-4)23-16-25(40-5)26(41-6)17-24(23)33-3/h7-18H,4H2,1-3,5-6H3,(H2,35,36,39)/b29-23+,33-24-. The highest BCUT2D eigenvalue weighted by Gasteiger charge is 2.26. The lowest BCUT2D eigenvalue weighted by Gasteiger charge is -2.18. The fourth-order valence-corrected chi connectivity index (χ4v) is 4.92. The molecule has 1 aliphatic carbocycles. The van der Waals surface area contributed by atoms with Gasteiger partial charge in [0.2, 0.25) is 0 Å². The number of thioether (sulfide) groups is 1. The molecule has 0 saturated carbocycles. The zero-order valence-corrected chi connectivity index (χ0v) is 24.8. The fourth-order valence-electron chi connectivity index (χ4n) is 4.02. The Morgan fingerprint density at radius 1 is 1.05 bits per heavy atom. The van der Waals surface area contributed by atoms with Gasteiger partial charge in [0.25, 0.3) is 0 Å². The van der Waals surface area contributed by atoms with Crippen LogP contribution < -0.4 is 10.6 Å². The largest absolute Gasteiger partial charge is 0.493 e. The minimum Gasteiger partial charge on any atom is -0.493 e. The summed E-state index contributed by atoms with van der Waals surface area (Å²) in [6, 6.07) is 20.3. The molecule has 3 aromatic rings. The summed E-state index contributed by atoms with van der Waals surface area (Å²) in [6.07, 6.45) is 3.59. The Morgan fingerprint density at radius 2 is 1.76 bits per heavy atom. The molecule has 0 spiro atoms. The van der Waals surface area contributed by atoms with E-state index in [-0.39, 0.29) is 0 Å². The first-order chi connectivity index (χ1) is 20.2. The summed E-state index contributed by atoms with van der Waals surface area (Å²) in [6.45, 7) is 7.31. The number of nitrogens with one attached hydrogen (secondary N) is 2. The second-order valence-electron chi connectivity index (χ2n) is 9.52. The zero-order chi connectivity index (χ0) is 30.3. The average molecular weight is 582 g/mol. The normalized spacial score (nSPS) is 15.2. The monoisotopic (exact) mass is 581 g/mol. The predicted molar refractivity (Wildman–Crippen MR) is 167 cm³/mol. The number of methoxy groups -OCH3 is 2. The number of nitrogens with zero attached hydrogens (tertiary/aromatic N) is 5. The van der Waals surface area contributed by atoms with Gasteiger partial charge in [-0.3, -0.25) is 15.3 Å². The number of aliphatic imine (C=N–C) groups is 2. The van der Waals surface area contributed by atoms with E-state index in [9.17, 15) is 10.1 Å². The van der Waals surface area contributed by atoms with Crippen molar-refractivity contribution in [2.24, 2.45) is 9.98 Å². The molecular formula is C31H31N7O3S. The molecular weight excluding hydrogens is 550 g/mol. The van der Waals surface area contributed by atoms with Gasteiger partial charge in [-0.15, -0.1) is 0 Å². The Bertz CT molecular complexity index is 1660. The number of hydrogen-bond donors (Lipinski definition) is 2. The number of benzene rings is 2. The van der Waals surface area contributed by atoms with Gasteiger partial charge in [-0.2, -0.15) is 10.4 Å². The Labute approximate surface area is 249 Å². The molecule has 0 aliphatic heterocycles. The number of carbonyl (C=O) groups is 1. The van der Waals surface area contributed by atoms with E-state index in [1.165, 1.54) is 11.8 Å². The number of allylic oxidation sites excluding steroid dienone is 3. The highest BCUT2D eigenvalue weighted by molar-refractivity contribution is 8.03. The third-order valence-electron chi connectivity index (χ3n) is 6.29. The highest BCUT2D eigenvalue weighted by atomic mass is 32.2. The number of carbonyl (C=O) groups excluding carboxylic acids is 1. The lowest BCUT2D eigenvalue weighted by molar-refractivity contribution is 0.220. The molecule has 2 aromatic carbocycles. The topological polar surface area (TPSA) is 126 Å². The Balaban J connectivity index is 1.57. The SMILES string of the molecule is C=N/C(Sc1cccc(NC(=O)Nc2cc(C(C)(C)C#N)nn2-c2ccccc2)c1)=C1/C=C(OC)C(OC)=C/C1=N/C. The molecule has 214 valence electrons. The maximum atomic E-state index is 13.1. The first-order valence-electron chi connectivity index (χ1n) is 12.9.